The number of fused-ring (bicyclic) bond motifs is 1. The van der Waals surface area contributed by atoms with E-state index in [-0.39, 0.29) is 11.5 Å². The van der Waals surface area contributed by atoms with Crippen LogP contribution < -0.4 is 10.9 Å². The average Bonchev–Trinajstić information content (AvgIpc) is 2.72. The Morgan fingerprint density at radius 3 is 2.66 bits per heavy atom. The van der Waals surface area contributed by atoms with E-state index in [0.717, 1.165) is 48.1 Å². The number of benzene rings is 2. The highest BCUT2D eigenvalue weighted by molar-refractivity contribution is 6.34. The quantitative estimate of drug-likeness (QED) is 0.615. The lowest BCUT2D eigenvalue weighted by molar-refractivity contribution is 0.0724. The van der Waals surface area contributed by atoms with Crippen molar-refractivity contribution in [2.24, 2.45) is 0 Å². The van der Waals surface area contributed by atoms with Crippen molar-refractivity contribution >= 4 is 34.2 Å². The number of carbonyl (C=O) groups excluding carboxylic acids is 1. The average molecular weight is 411 g/mol. The Kier molecular flexibility index (Phi) is 5.58. The number of anilines is 1. The van der Waals surface area contributed by atoms with Crippen molar-refractivity contribution in [2.75, 3.05) is 18.4 Å². The maximum atomic E-state index is 12.7. The van der Waals surface area contributed by atoms with Gasteiger partial charge in [-0.1, -0.05) is 23.7 Å². The number of rotatable bonds is 4. The van der Waals surface area contributed by atoms with Crippen LogP contribution in [0.15, 0.2) is 51.7 Å². The van der Waals surface area contributed by atoms with Crippen LogP contribution in [0.2, 0.25) is 5.02 Å². The normalized spacial score (nSPS) is 14.2. The van der Waals surface area contributed by atoms with E-state index < -0.39 is 0 Å². The summed E-state index contributed by atoms with van der Waals surface area (Å²) in [6.45, 7) is 3.98. The van der Waals surface area contributed by atoms with Crippen LogP contribution in [-0.4, -0.2) is 23.9 Å². The monoisotopic (exact) mass is 410 g/mol. The topological polar surface area (TPSA) is 62.6 Å². The summed E-state index contributed by atoms with van der Waals surface area (Å²) in [5.41, 5.74) is 3.40. The van der Waals surface area contributed by atoms with E-state index in [4.69, 9.17) is 16.0 Å². The van der Waals surface area contributed by atoms with Crippen LogP contribution in [0, 0.1) is 6.92 Å². The highest BCUT2D eigenvalue weighted by Gasteiger charge is 2.20. The summed E-state index contributed by atoms with van der Waals surface area (Å²) in [5, 5.41) is 4.61. The van der Waals surface area contributed by atoms with Crippen molar-refractivity contribution in [3.05, 3.63) is 74.6 Å². The van der Waals surface area contributed by atoms with Crippen molar-refractivity contribution in [3.63, 3.8) is 0 Å². The van der Waals surface area contributed by atoms with E-state index in [1.54, 1.807) is 12.1 Å². The molecule has 1 aromatic heterocycles. The van der Waals surface area contributed by atoms with E-state index in [1.165, 1.54) is 12.5 Å². The molecule has 0 spiro atoms. The molecule has 1 aliphatic rings. The summed E-state index contributed by atoms with van der Waals surface area (Å²) in [5.74, 6) is -0.0109. The molecule has 1 N–H and O–H groups in total. The van der Waals surface area contributed by atoms with Gasteiger partial charge in [-0.15, -0.1) is 0 Å². The maximum absolute atomic E-state index is 12.7. The molecule has 1 saturated heterocycles. The number of piperidine rings is 1. The van der Waals surface area contributed by atoms with Gasteiger partial charge in [-0.25, -0.2) is 4.79 Å². The van der Waals surface area contributed by atoms with Crippen LogP contribution in [0.25, 0.3) is 11.0 Å². The molecule has 4 rings (SSSR count). The van der Waals surface area contributed by atoms with Crippen LogP contribution >= 0.6 is 11.6 Å². The Morgan fingerprint density at radius 1 is 1.10 bits per heavy atom. The predicted octanol–water partition coefficient (Wildman–Crippen LogP) is 4.99. The van der Waals surface area contributed by atoms with Crippen LogP contribution in [0.5, 0.6) is 0 Å². The number of nitrogens with one attached hydrogen (secondary N) is 1. The van der Waals surface area contributed by atoms with Gasteiger partial charge in [0.2, 0.25) is 0 Å². The Hall–Kier alpha value is -2.79. The lowest BCUT2D eigenvalue weighted by atomic mass is 10.1. The number of hydrogen-bond acceptors (Lipinski definition) is 4. The van der Waals surface area contributed by atoms with Crippen molar-refractivity contribution in [3.8, 4) is 0 Å². The molecule has 29 heavy (non-hydrogen) atoms. The van der Waals surface area contributed by atoms with Gasteiger partial charge < -0.3 is 14.6 Å². The molecular weight excluding hydrogens is 388 g/mol. The van der Waals surface area contributed by atoms with Crippen molar-refractivity contribution < 1.29 is 9.21 Å². The van der Waals surface area contributed by atoms with Crippen LogP contribution in [0.4, 0.5) is 5.69 Å². The Labute approximate surface area is 174 Å². The van der Waals surface area contributed by atoms with Crippen molar-refractivity contribution in [2.45, 2.75) is 32.7 Å². The molecule has 0 bridgehead atoms. The number of hydrogen-bond donors (Lipinski definition) is 1. The standard InChI is InChI=1S/C23H23ClN2O3/c1-15-5-7-18-16(12-22(27)29-21(18)11-15)14-25-17-6-8-19(20(24)13-17)23(28)26-9-3-2-4-10-26/h5-8,11-13,25H,2-4,9-10,14H2,1H3. The first-order chi connectivity index (χ1) is 14.0. The first-order valence-electron chi connectivity index (χ1n) is 9.87. The molecule has 0 atom stereocenters. The van der Waals surface area contributed by atoms with E-state index >= 15 is 0 Å². The van der Waals surface area contributed by atoms with Crippen LogP contribution in [-0.2, 0) is 6.54 Å². The lowest BCUT2D eigenvalue weighted by Crippen LogP contribution is -2.35. The van der Waals surface area contributed by atoms with Crippen LogP contribution in [0.1, 0.15) is 40.7 Å². The summed E-state index contributed by atoms with van der Waals surface area (Å²) in [7, 11) is 0. The second kappa shape index (κ2) is 8.29. The molecule has 2 aromatic carbocycles. The number of halogens is 1. The van der Waals surface area contributed by atoms with Gasteiger partial charge in [0.15, 0.2) is 0 Å². The molecule has 5 nitrogen and oxygen atoms in total. The number of aryl methyl sites for hydroxylation is 1. The van der Waals surface area contributed by atoms with Gasteiger partial charge in [0.25, 0.3) is 5.91 Å². The zero-order chi connectivity index (χ0) is 20.4. The first-order valence-corrected chi connectivity index (χ1v) is 10.3. The second-order valence-corrected chi connectivity index (χ2v) is 7.90. The lowest BCUT2D eigenvalue weighted by Gasteiger charge is -2.27. The molecule has 2 heterocycles. The minimum atomic E-state index is -0.375. The highest BCUT2D eigenvalue weighted by atomic mass is 35.5. The Bertz CT molecular complexity index is 1120. The van der Waals surface area contributed by atoms with Gasteiger partial charge in [-0.05, 0) is 61.6 Å². The zero-order valence-corrected chi connectivity index (χ0v) is 17.1. The number of nitrogens with zero attached hydrogens (tertiary/aromatic N) is 1. The van der Waals surface area contributed by atoms with Gasteiger partial charge in [-0.3, -0.25) is 4.79 Å². The summed E-state index contributed by atoms with van der Waals surface area (Å²) < 4.78 is 5.31. The highest BCUT2D eigenvalue weighted by Crippen LogP contribution is 2.25. The molecule has 0 unspecified atom stereocenters. The van der Waals surface area contributed by atoms with Crippen LogP contribution in [0.3, 0.4) is 0 Å². The molecular formula is C23H23ClN2O3. The molecule has 0 saturated carbocycles. The fourth-order valence-electron chi connectivity index (χ4n) is 3.75. The molecule has 0 aliphatic carbocycles. The SMILES string of the molecule is Cc1ccc2c(CNc3ccc(C(=O)N4CCCCC4)c(Cl)c3)cc(=O)oc2c1. The summed E-state index contributed by atoms with van der Waals surface area (Å²) in [6.07, 6.45) is 3.26. The second-order valence-electron chi connectivity index (χ2n) is 7.49. The third-order valence-electron chi connectivity index (χ3n) is 5.31. The number of likely N-dealkylation sites (tertiary alicyclic amines) is 1. The largest absolute Gasteiger partial charge is 0.423 e. The minimum absolute atomic E-state index is 0.0109. The molecule has 1 fully saturated rings. The smallest absolute Gasteiger partial charge is 0.336 e. The van der Waals surface area contributed by atoms with Crippen molar-refractivity contribution in [1.29, 1.82) is 0 Å². The molecule has 1 amide bonds. The van der Waals surface area contributed by atoms with Gasteiger partial charge in [0.1, 0.15) is 5.58 Å². The minimum Gasteiger partial charge on any atom is -0.423 e. The van der Waals surface area contributed by atoms with Gasteiger partial charge in [-0.2, -0.15) is 0 Å². The summed E-state index contributed by atoms with van der Waals surface area (Å²) >= 11 is 6.41. The molecule has 3 aromatic rings. The Morgan fingerprint density at radius 2 is 1.90 bits per heavy atom. The molecule has 1 aliphatic heterocycles. The molecule has 150 valence electrons. The molecule has 6 heteroatoms. The number of amides is 1. The van der Waals surface area contributed by atoms with Crippen molar-refractivity contribution in [1.82, 2.24) is 4.90 Å². The fourth-order valence-corrected chi connectivity index (χ4v) is 4.01. The molecule has 0 radical (unpaired) electrons. The third-order valence-corrected chi connectivity index (χ3v) is 5.62. The zero-order valence-electron chi connectivity index (χ0n) is 16.3. The van der Waals surface area contributed by atoms with Gasteiger partial charge in [0.05, 0.1) is 10.6 Å². The van der Waals surface area contributed by atoms with E-state index in [9.17, 15) is 9.59 Å². The van der Waals surface area contributed by atoms with E-state index in [0.29, 0.717) is 22.7 Å². The Balaban J connectivity index is 1.52. The fraction of sp³-hybridized carbons (Fsp3) is 0.304. The predicted molar refractivity (Wildman–Crippen MR) is 116 cm³/mol. The summed E-state index contributed by atoms with van der Waals surface area (Å²) in [6, 6.07) is 12.7. The first kappa shape index (κ1) is 19.5. The maximum Gasteiger partial charge on any atom is 0.336 e. The van der Waals surface area contributed by atoms with E-state index in [2.05, 4.69) is 5.32 Å². The third kappa shape index (κ3) is 4.30. The van der Waals surface area contributed by atoms with Gasteiger partial charge in [0, 0.05) is 36.8 Å². The van der Waals surface area contributed by atoms with E-state index in [1.807, 2.05) is 36.1 Å². The number of carbonyl (C=O) groups is 1. The van der Waals surface area contributed by atoms with Gasteiger partial charge >= 0.3 is 5.63 Å². The summed E-state index contributed by atoms with van der Waals surface area (Å²) in [4.78, 5) is 26.5.